The highest BCUT2D eigenvalue weighted by atomic mass is 35.5. The standard InChI is InChI=1S/C16H16ClN3OS/c1-11-7-8-22-14(11)9-20(2)10-15-18-16(19-21-15)12-3-5-13(17)6-4-12/h3-8H,9-10H2,1-2H3/p+1. The third-order valence-corrected chi connectivity index (χ3v) is 4.73. The molecule has 2 heterocycles. The second kappa shape index (κ2) is 6.60. The highest BCUT2D eigenvalue weighted by molar-refractivity contribution is 7.10. The van der Waals surface area contributed by atoms with Crippen LogP contribution >= 0.6 is 22.9 Å². The quantitative estimate of drug-likeness (QED) is 0.780. The molecular weight excluding hydrogens is 318 g/mol. The van der Waals surface area contributed by atoms with E-state index in [0.29, 0.717) is 23.3 Å². The van der Waals surface area contributed by atoms with Crippen molar-refractivity contribution in [1.82, 2.24) is 10.1 Å². The molecule has 0 bridgehead atoms. The lowest BCUT2D eigenvalue weighted by Crippen LogP contribution is -3.06. The van der Waals surface area contributed by atoms with Crippen molar-refractivity contribution < 1.29 is 9.42 Å². The third-order valence-electron chi connectivity index (χ3n) is 3.45. The van der Waals surface area contributed by atoms with Crippen LogP contribution in [0.15, 0.2) is 40.2 Å². The molecule has 0 aliphatic carbocycles. The van der Waals surface area contributed by atoms with E-state index in [2.05, 4.69) is 35.6 Å². The lowest BCUT2D eigenvalue weighted by molar-refractivity contribution is -0.908. The number of nitrogens with one attached hydrogen (secondary N) is 1. The van der Waals surface area contributed by atoms with E-state index in [1.807, 2.05) is 24.3 Å². The molecule has 2 aromatic heterocycles. The minimum atomic E-state index is 0.603. The third kappa shape index (κ3) is 3.55. The fourth-order valence-corrected chi connectivity index (χ4v) is 3.37. The normalized spacial score (nSPS) is 12.5. The zero-order chi connectivity index (χ0) is 15.5. The van der Waals surface area contributed by atoms with Gasteiger partial charge in [0.05, 0.1) is 11.9 Å². The van der Waals surface area contributed by atoms with Gasteiger partial charge in [-0.1, -0.05) is 16.8 Å². The van der Waals surface area contributed by atoms with E-state index in [1.165, 1.54) is 15.3 Å². The molecule has 1 N–H and O–H groups in total. The smallest absolute Gasteiger partial charge is 0.282 e. The van der Waals surface area contributed by atoms with Crippen LogP contribution in [-0.2, 0) is 13.1 Å². The van der Waals surface area contributed by atoms with Gasteiger partial charge in [-0.15, -0.1) is 11.3 Å². The van der Waals surface area contributed by atoms with Crippen LogP contribution in [0.4, 0.5) is 0 Å². The molecule has 0 amide bonds. The van der Waals surface area contributed by atoms with Crippen LogP contribution in [0.25, 0.3) is 11.4 Å². The maximum Gasteiger partial charge on any atom is 0.282 e. The van der Waals surface area contributed by atoms with Gasteiger partial charge < -0.3 is 9.42 Å². The van der Waals surface area contributed by atoms with Crippen LogP contribution in [0.5, 0.6) is 0 Å². The van der Waals surface area contributed by atoms with Crippen molar-refractivity contribution in [1.29, 1.82) is 0 Å². The van der Waals surface area contributed by atoms with Crippen molar-refractivity contribution in [2.24, 2.45) is 0 Å². The van der Waals surface area contributed by atoms with Gasteiger partial charge in [0.1, 0.15) is 6.54 Å². The summed E-state index contributed by atoms with van der Waals surface area (Å²) in [6.45, 7) is 3.81. The van der Waals surface area contributed by atoms with Gasteiger partial charge >= 0.3 is 0 Å². The molecule has 1 atom stereocenters. The summed E-state index contributed by atoms with van der Waals surface area (Å²) in [5.41, 5.74) is 2.25. The monoisotopic (exact) mass is 334 g/mol. The van der Waals surface area contributed by atoms with E-state index in [4.69, 9.17) is 16.1 Å². The lowest BCUT2D eigenvalue weighted by Gasteiger charge is -2.10. The van der Waals surface area contributed by atoms with E-state index in [9.17, 15) is 0 Å². The molecule has 4 nitrogen and oxygen atoms in total. The van der Waals surface area contributed by atoms with Crippen LogP contribution in [-0.4, -0.2) is 17.2 Å². The summed E-state index contributed by atoms with van der Waals surface area (Å²) in [5, 5.41) is 6.87. The number of hydrogen-bond donors (Lipinski definition) is 1. The average Bonchev–Trinajstić information content (AvgIpc) is 3.10. The molecule has 6 heteroatoms. The van der Waals surface area contributed by atoms with Gasteiger partial charge in [-0.05, 0) is 48.2 Å². The Morgan fingerprint density at radius 1 is 1.18 bits per heavy atom. The number of aryl methyl sites for hydroxylation is 1. The van der Waals surface area contributed by atoms with Crippen molar-refractivity contribution in [3.63, 3.8) is 0 Å². The van der Waals surface area contributed by atoms with Crippen LogP contribution in [0.1, 0.15) is 16.3 Å². The largest absolute Gasteiger partial charge is 0.333 e. The van der Waals surface area contributed by atoms with Gasteiger partial charge in [0, 0.05) is 10.6 Å². The molecule has 3 rings (SSSR count). The molecule has 0 fully saturated rings. The number of benzene rings is 1. The second-order valence-electron chi connectivity index (χ2n) is 5.36. The minimum Gasteiger partial charge on any atom is -0.333 e. The molecule has 0 saturated heterocycles. The number of nitrogens with zero attached hydrogens (tertiary/aromatic N) is 2. The Kier molecular flexibility index (Phi) is 4.57. The molecule has 0 aliphatic heterocycles. The minimum absolute atomic E-state index is 0.603. The molecule has 1 aromatic carbocycles. The second-order valence-corrected chi connectivity index (χ2v) is 6.79. The first kappa shape index (κ1) is 15.2. The van der Waals surface area contributed by atoms with Crippen molar-refractivity contribution >= 4 is 22.9 Å². The molecule has 114 valence electrons. The van der Waals surface area contributed by atoms with E-state index in [0.717, 1.165) is 12.1 Å². The Labute approximate surface area is 138 Å². The van der Waals surface area contributed by atoms with Gasteiger partial charge in [0.2, 0.25) is 5.82 Å². The van der Waals surface area contributed by atoms with Gasteiger partial charge in [-0.3, -0.25) is 0 Å². The summed E-state index contributed by atoms with van der Waals surface area (Å²) >= 11 is 7.68. The Hall–Kier alpha value is -1.69. The maximum atomic E-state index is 5.89. The average molecular weight is 335 g/mol. The molecule has 0 radical (unpaired) electrons. The Morgan fingerprint density at radius 3 is 2.64 bits per heavy atom. The predicted octanol–water partition coefficient (Wildman–Crippen LogP) is 2.97. The van der Waals surface area contributed by atoms with Gasteiger partial charge in [-0.25, -0.2) is 0 Å². The first-order valence-electron chi connectivity index (χ1n) is 7.04. The fourth-order valence-electron chi connectivity index (χ4n) is 2.22. The number of halogens is 1. The highest BCUT2D eigenvalue weighted by Gasteiger charge is 2.14. The Bertz CT molecular complexity index is 751. The highest BCUT2D eigenvalue weighted by Crippen LogP contribution is 2.18. The number of rotatable bonds is 5. The SMILES string of the molecule is Cc1ccsc1C[NH+](C)Cc1nc(-c2ccc(Cl)cc2)no1. The maximum absolute atomic E-state index is 5.89. The van der Waals surface area contributed by atoms with E-state index in [-0.39, 0.29) is 0 Å². The summed E-state index contributed by atoms with van der Waals surface area (Å²) in [6, 6.07) is 9.58. The molecule has 1 unspecified atom stereocenters. The summed E-state index contributed by atoms with van der Waals surface area (Å²) in [7, 11) is 2.13. The van der Waals surface area contributed by atoms with Crippen LogP contribution < -0.4 is 4.90 Å². The van der Waals surface area contributed by atoms with E-state index >= 15 is 0 Å². The van der Waals surface area contributed by atoms with Crippen molar-refractivity contribution in [3.05, 3.63) is 57.1 Å². The van der Waals surface area contributed by atoms with Crippen LogP contribution in [0.3, 0.4) is 0 Å². The number of thiophene rings is 1. The summed E-state index contributed by atoms with van der Waals surface area (Å²) in [4.78, 5) is 7.18. The first-order valence-corrected chi connectivity index (χ1v) is 8.30. The van der Waals surface area contributed by atoms with Gasteiger partial charge in [-0.2, -0.15) is 4.98 Å². The van der Waals surface area contributed by atoms with E-state index in [1.54, 1.807) is 11.3 Å². The summed E-state index contributed by atoms with van der Waals surface area (Å²) in [5.74, 6) is 1.25. The number of quaternary nitrogens is 1. The summed E-state index contributed by atoms with van der Waals surface area (Å²) < 4.78 is 5.36. The molecule has 3 aromatic rings. The van der Waals surface area contributed by atoms with Crippen molar-refractivity contribution in [2.75, 3.05) is 7.05 Å². The number of aromatic nitrogens is 2. The molecule has 0 spiro atoms. The number of hydrogen-bond acceptors (Lipinski definition) is 4. The molecule has 22 heavy (non-hydrogen) atoms. The fraction of sp³-hybridized carbons (Fsp3) is 0.250. The van der Waals surface area contributed by atoms with Crippen LogP contribution in [0.2, 0.25) is 5.02 Å². The zero-order valence-corrected chi connectivity index (χ0v) is 14.0. The lowest BCUT2D eigenvalue weighted by atomic mass is 10.2. The predicted molar refractivity (Wildman–Crippen MR) is 88.1 cm³/mol. The first-order chi connectivity index (χ1) is 10.6. The molecule has 0 saturated carbocycles. The molecule has 0 aliphatic rings. The van der Waals surface area contributed by atoms with Gasteiger partial charge in [0.25, 0.3) is 5.89 Å². The van der Waals surface area contributed by atoms with Crippen molar-refractivity contribution in [2.45, 2.75) is 20.0 Å². The Morgan fingerprint density at radius 2 is 1.95 bits per heavy atom. The molecular formula is C16H17ClN3OS+. The van der Waals surface area contributed by atoms with Crippen molar-refractivity contribution in [3.8, 4) is 11.4 Å². The van der Waals surface area contributed by atoms with Gasteiger partial charge in [0.15, 0.2) is 6.54 Å². The summed E-state index contributed by atoms with van der Waals surface area (Å²) in [6.07, 6.45) is 0. The Balaban J connectivity index is 1.66. The topological polar surface area (TPSA) is 43.4 Å². The van der Waals surface area contributed by atoms with E-state index < -0.39 is 0 Å². The zero-order valence-electron chi connectivity index (χ0n) is 12.5. The van der Waals surface area contributed by atoms with Crippen LogP contribution in [0, 0.1) is 6.92 Å².